The molecule has 0 spiro atoms. The Labute approximate surface area is 198 Å². The van der Waals surface area contributed by atoms with Crippen LogP contribution >= 0.6 is 0 Å². The van der Waals surface area contributed by atoms with Gasteiger partial charge in [0.1, 0.15) is 17.5 Å². The molecule has 186 valence electrons. The summed E-state index contributed by atoms with van der Waals surface area (Å²) in [6, 6.07) is 3.80. The Morgan fingerprint density at radius 2 is 2.00 bits per heavy atom. The molecule has 1 aliphatic heterocycles. The maximum atomic E-state index is 11.5. The first-order valence-electron chi connectivity index (χ1n) is 12.2. The lowest BCUT2D eigenvalue weighted by Crippen LogP contribution is -2.45. The van der Waals surface area contributed by atoms with E-state index >= 15 is 0 Å². The number of hydrogen-bond donors (Lipinski definition) is 3. The van der Waals surface area contributed by atoms with Crippen LogP contribution in [-0.4, -0.2) is 55.9 Å². The standard InChI is InChI=1S/C14H20N2.C11H22N2O4/c1-3-11(4-1)6-8-13-9-7-12-5-2-10-15-14(12)16-13;1-11(2,3)17-10(15)13-8(6-7-12-4)9(14)16-5/h7,9,11H,1-6,8,10H2,(H,15,16);8,12H,6-7H2,1-5H3,(H,13,15). The van der Waals surface area contributed by atoms with Gasteiger partial charge in [-0.2, -0.15) is 0 Å². The fourth-order valence-electron chi connectivity index (χ4n) is 3.77. The molecule has 1 aromatic rings. The van der Waals surface area contributed by atoms with Crippen molar-refractivity contribution in [3.8, 4) is 0 Å². The number of pyridine rings is 1. The van der Waals surface area contributed by atoms with E-state index in [2.05, 4.69) is 32.8 Å². The van der Waals surface area contributed by atoms with Gasteiger partial charge in [0.05, 0.1) is 7.11 Å². The van der Waals surface area contributed by atoms with Crippen LogP contribution in [0.25, 0.3) is 0 Å². The van der Waals surface area contributed by atoms with Gasteiger partial charge in [-0.1, -0.05) is 25.3 Å². The zero-order chi connectivity index (χ0) is 24.3. The Morgan fingerprint density at radius 1 is 1.24 bits per heavy atom. The molecule has 1 fully saturated rings. The number of carbonyl (C=O) groups is 2. The minimum absolute atomic E-state index is 0.447. The van der Waals surface area contributed by atoms with E-state index in [0.717, 1.165) is 18.3 Å². The van der Waals surface area contributed by atoms with Gasteiger partial charge in [-0.15, -0.1) is 0 Å². The molecule has 1 unspecified atom stereocenters. The predicted octanol–water partition coefficient (Wildman–Crippen LogP) is 3.83. The van der Waals surface area contributed by atoms with Crippen LogP contribution in [0.15, 0.2) is 12.1 Å². The lowest BCUT2D eigenvalue weighted by atomic mass is 9.82. The minimum Gasteiger partial charge on any atom is -0.467 e. The molecule has 33 heavy (non-hydrogen) atoms. The maximum absolute atomic E-state index is 11.5. The summed E-state index contributed by atoms with van der Waals surface area (Å²) in [6.07, 6.45) is 9.11. The zero-order valence-electron chi connectivity index (χ0n) is 21.0. The molecule has 0 aromatic carbocycles. The fraction of sp³-hybridized carbons (Fsp3) is 0.720. The lowest BCUT2D eigenvalue weighted by molar-refractivity contribution is -0.143. The molecule has 1 atom stereocenters. The summed E-state index contributed by atoms with van der Waals surface area (Å²) in [5.74, 6) is 1.66. The van der Waals surface area contributed by atoms with E-state index in [1.807, 2.05) is 0 Å². The molecule has 1 saturated carbocycles. The number of hydrogen-bond acceptors (Lipinski definition) is 7. The van der Waals surface area contributed by atoms with Crippen molar-refractivity contribution >= 4 is 17.9 Å². The zero-order valence-corrected chi connectivity index (χ0v) is 21.0. The van der Waals surface area contributed by atoms with Gasteiger partial charge in [-0.05, 0) is 84.0 Å². The van der Waals surface area contributed by atoms with E-state index in [-0.39, 0.29) is 0 Å². The second-order valence-corrected chi connectivity index (χ2v) is 9.79. The molecular formula is C25H42N4O4. The van der Waals surface area contributed by atoms with Gasteiger partial charge >= 0.3 is 12.1 Å². The molecule has 8 heteroatoms. The van der Waals surface area contributed by atoms with E-state index in [4.69, 9.17) is 9.72 Å². The first-order valence-corrected chi connectivity index (χ1v) is 12.2. The molecule has 2 heterocycles. The van der Waals surface area contributed by atoms with Crippen LogP contribution in [0, 0.1) is 5.92 Å². The van der Waals surface area contributed by atoms with E-state index in [9.17, 15) is 9.59 Å². The average Bonchev–Trinajstić information content (AvgIpc) is 2.74. The number of esters is 1. The number of ether oxygens (including phenoxy) is 2. The number of aromatic nitrogens is 1. The highest BCUT2D eigenvalue weighted by Gasteiger charge is 2.24. The molecule has 0 saturated heterocycles. The van der Waals surface area contributed by atoms with Crippen molar-refractivity contribution in [2.45, 2.75) is 83.8 Å². The van der Waals surface area contributed by atoms with Gasteiger partial charge < -0.3 is 25.4 Å². The molecule has 2 aliphatic rings. The Bertz CT molecular complexity index is 759. The number of carbonyl (C=O) groups excluding carboxylic acids is 2. The van der Waals surface area contributed by atoms with E-state index < -0.39 is 23.7 Å². The number of fused-ring (bicyclic) bond motifs is 1. The van der Waals surface area contributed by atoms with Crippen molar-refractivity contribution < 1.29 is 19.1 Å². The summed E-state index contributed by atoms with van der Waals surface area (Å²) in [4.78, 5) is 27.6. The number of aryl methyl sites for hydroxylation is 2. The minimum atomic E-state index is -0.692. The normalized spacial score (nSPS) is 16.2. The van der Waals surface area contributed by atoms with Crippen molar-refractivity contribution in [2.24, 2.45) is 5.92 Å². The highest BCUT2D eigenvalue weighted by molar-refractivity contribution is 5.81. The Balaban J connectivity index is 0.000000233. The summed E-state index contributed by atoms with van der Waals surface area (Å²) < 4.78 is 9.67. The van der Waals surface area contributed by atoms with Crippen LogP contribution in [-0.2, 0) is 27.1 Å². The highest BCUT2D eigenvalue weighted by atomic mass is 16.6. The summed E-state index contributed by atoms with van der Waals surface area (Å²) >= 11 is 0. The molecule has 3 rings (SSSR count). The molecule has 1 aromatic heterocycles. The number of nitrogens with zero attached hydrogens (tertiary/aromatic N) is 1. The number of amides is 1. The topological polar surface area (TPSA) is 102 Å². The van der Waals surface area contributed by atoms with E-state index in [1.54, 1.807) is 27.8 Å². The second kappa shape index (κ2) is 13.4. The largest absolute Gasteiger partial charge is 0.467 e. The number of rotatable bonds is 8. The monoisotopic (exact) mass is 462 g/mol. The smallest absolute Gasteiger partial charge is 0.408 e. The quantitative estimate of drug-likeness (QED) is 0.505. The third kappa shape index (κ3) is 9.98. The van der Waals surface area contributed by atoms with Crippen molar-refractivity contribution in [2.75, 3.05) is 32.6 Å². The number of alkyl carbamates (subject to hydrolysis) is 1. The predicted molar refractivity (Wildman–Crippen MR) is 130 cm³/mol. The molecule has 0 bridgehead atoms. The first-order chi connectivity index (χ1) is 15.7. The molecule has 1 amide bonds. The SMILES string of the molecule is CNCCC(NC(=O)OC(C)(C)C)C(=O)OC.c1cc2c(nc1CCC1CCC1)NCCC2. The van der Waals surface area contributed by atoms with Gasteiger partial charge in [0.25, 0.3) is 0 Å². The molecule has 1 aliphatic carbocycles. The van der Waals surface area contributed by atoms with Crippen LogP contribution < -0.4 is 16.0 Å². The second-order valence-electron chi connectivity index (χ2n) is 9.79. The van der Waals surface area contributed by atoms with Gasteiger partial charge in [0.15, 0.2) is 0 Å². The van der Waals surface area contributed by atoms with Crippen LogP contribution in [0.4, 0.5) is 10.6 Å². The van der Waals surface area contributed by atoms with Crippen LogP contribution in [0.5, 0.6) is 0 Å². The van der Waals surface area contributed by atoms with E-state index in [1.165, 1.54) is 63.3 Å². The van der Waals surface area contributed by atoms with E-state index in [0.29, 0.717) is 13.0 Å². The van der Waals surface area contributed by atoms with Crippen molar-refractivity contribution in [3.05, 3.63) is 23.4 Å². The van der Waals surface area contributed by atoms with Gasteiger partial charge in [0, 0.05) is 12.2 Å². The number of methoxy groups -OCH3 is 1. The Hall–Kier alpha value is -2.35. The third-order valence-electron chi connectivity index (χ3n) is 5.84. The van der Waals surface area contributed by atoms with Gasteiger partial charge in [-0.3, -0.25) is 0 Å². The average molecular weight is 463 g/mol. The third-order valence-corrected chi connectivity index (χ3v) is 5.84. The molecule has 3 N–H and O–H groups in total. The van der Waals surface area contributed by atoms with Crippen LogP contribution in [0.1, 0.15) is 70.6 Å². The molecule has 8 nitrogen and oxygen atoms in total. The Kier molecular flexibility index (Phi) is 10.9. The number of nitrogens with one attached hydrogen (secondary N) is 3. The summed E-state index contributed by atoms with van der Waals surface area (Å²) in [7, 11) is 3.05. The van der Waals surface area contributed by atoms with Crippen molar-refractivity contribution in [1.29, 1.82) is 0 Å². The van der Waals surface area contributed by atoms with Crippen LogP contribution in [0.2, 0.25) is 0 Å². The van der Waals surface area contributed by atoms with Gasteiger partial charge in [-0.25, -0.2) is 14.6 Å². The Morgan fingerprint density at radius 3 is 2.61 bits per heavy atom. The summed E-state index contributed by atoms with van der Waals surface area (Å²) in [6.45, 7) is 6.95. The van der Waals surface area contributed by atoms with Crippen molar-refractivity contribution in [1.82, 2.24) is 15.6 Å². The molecule has 0 radical (unpaired) electrons. The fourth-order valence-corrected chi connectivity index (χ4v) is 3.77. The first kappa shape index (κ1) is 26.9. The highest BCUT2D eigenvalue weighted by Crippen LogP contribution is 2.30. The number of anilines is 1. The molecular weight excluding hydrogens is 420 g/mol. The van der Waals surface area contributed by atoms with Crippen LogP contribution in [0.3, 0.4) is 0 Å². The lowest BCUT2D eigenvalue weighted by Gasteiger charge is -2.25. The summed E-state index contributed by atoms with van der Waals surface area (Å²) in [5.41, 5.74) is 2.09. The van der Waals surface area contributed by atoms with Crippen molar-refractivity contribution in [3.63, 3.8) is 0 Å². The maximum Gasteiger partial charge on any atom is 0.408 e. The van der Waals surface area contributed by atoms with Gasteiger partial charge in [0.2, 0.25) is 0 Å². The summed E-state index contributed by atoms with van der Waals surface area (Å²) in [5, 5.41) is 8.79.